The van der Waals surface area contributed by atoms with Gasteiger partial charge in [-0.2, -0.15) is 5.10 Å². The highest BCUT2D eigenvalue weighted by molar-refractivity contribution is 5.01. The predicted octanol–water partition coefficient (Wildman–Crippen LogP) is 0.721. The molecule has 1 aliphatic heterocycles. The molecule has 0 aromatic carbocycles. The standard InChI is InChI=1S/C10H16N4O/c15-10-13-12-9(8-5-2-6-11-8)14(10)7-3-1-4-7/h7-8,11H,1-6H2,(H,13,15). The van der Waals surface area contributed by atoms with Crippen molar-refractivity contribution in [1.29, 1.82) is 0 Å². The van der Waals surface area contributed by atoms with Crippen LogP contribution in [0, 0.1) is 0 Å². The highest BCUT2D eigenvalue weighted by atomic mass is 16.1. The van der Waals surface area contributed by atoms with Crippen molar-refractivity contribution < 1.29 is 0 Å². The van der Waals surface area contributed by atoms with Crippen LogP contribution in [0.5, 0.6) is 0 Å². The molecule has 1 saturated carbocycles. The van der Waals surface area contributed by atoms with E-state index in [1.54, 1.807) is 0 Å². The molecule has 82 valence electrons. The summed E-state index contributed by atoms with van der Waals surface area (Å²) in [6.07, 6.45) is 5.76. The molecule has 5 nitrogen and oxygen atoms in total. The van der Waals surface area contributed by atoms with E-state index < -0.39 is 0 Å². The predicted molar refractivity (Wildman–Crippen MR) is 55.7 cm³/mol. The van der Waals surface area contributed by atoms with E-state index in [1.165, 1.54) is 12.8 Å². The number of rotatable bonds is 2. The topological polar surface area (TPSA) is 62.7 Å². The van der Waals surface area contributed by atoms with Gasteiger partial charge in [-0.25, -0.2) is 9.89 Å². The molecule has 15 heavy (non-hydrogen) atoms. The van der Waals surface area contributed by atoms with Crippen LogP contribution in [0.4, 0.5) is 0 Å². The summed E-state index contributed by atoms with van der Waals surface area (Å²) in [4.78, 5) is 11.6. The van der Waals surface area contributed by atoms with Crippen molar-refractivity contribution in [3.63, 3.8) is 0 Å². The molecule has 0 bridgehead atoms. The van der Waals surface area contributed by atoms with E-state index >= 15 is 0 Å². The summed E-state index contributed by atoms with van der Waals surface area (Å²) >= 11 is 0. The molecule has 0 amide bonds. The molecule has 1 aromatic rings. The lowest BCUT2D eigenvalue weighted by Gasteiger charge is -2.28. The van der Waals surface area contributed by atoms with Crippen LogP contribution in [0.3, 0.4) is 0 Å². The van der Waals surface area contributed by atoms with Crippen LogP contribution in [0.25, 0.3) is 0 Å². The first kappa shape index (κ1) is 9.15. The summed E-state index contributed by atoms with van der Waals surface area (Å²) in [5.74, 6) is 0.919. The Labute approximate surface area is 87.9 Å². The quantitative estimate of drug-likeness (QED) is 0.752. The van der Waals surface area contributed by atoms with E-state index in [9.17, 15) is 4.79 Å². The van der Waals surface area contributed by atoms with Gasteiger partial charge in [0, 0.05) is 6.04 Å². The molecule has 3 rings (SSSR count). The molecule has 1 aliphatic carbocycles. The fraction of sp³-hybridized carbons (Fsp3) is 0.800. The van der Waals surface area contributed by atoms with E-state index in [-0.39, 0.29) is 11.7 Å². The first-order chi connectivity index (χ1) is 7.36. The van der Waals surface area contributed by atoms with Crippen LogP contribution < -0.4 is 11.0 Å². The van der Waals surface area contributed by atoms with Gasteiger partial charge in [-0.1, -0.05) is 0 Å². The van der Waals surface area contributed by atoms with E-state index in [4.69, 9.17) is 0 Å². The minimum atomic E-state index is -0.0385. The Morgan fingerprint density at radius 1 is 1.27 bits per heavy atom. The molecular formula is C10H16N4O. The second kappa shape index (κ2) is 3.48. The van der Waals surface area contributed by atoms with Crippen molar-refractivity contribution in [2.75, 3.05) is 6.54 Å². The molecule has 1 saturated heterocycles. The summed E-state index contributed by atoms with van der Waals surface area (Å²) in [5, 5.41) is 10.1. The van der Waals surface area contributed by atoms with E-state index in [1.807, 2.05) is 4.57 Å². The lowest BCUT2D eigenvalue weighted by atomic mass is 9.92. The van der Waals surface area contributed by atoms with Crippen molar-refractivity contribution in [3.8, 4) is 0 Å². The second-order valence-corrected chi connectivity index (χ2v) is 4.49. The van der Waals surface area contributed by atoms with E-state index in [0.29, 0.717) is 6.04 Å². The van der Waals surface area contributed by atoms with Gasteiger partial charge < -0.3 is 5.32 Å². The lowest BCUT2D eigenvalue weighted by Crippen LogP contribution is -2.30. The number of nitrogens with zero attached hydrogens (tertiary/aromatic N) is 2. The maximum absolute atomic E-state index is 11.6. The molecule has 2 aliphatic rings. The number of aromatic amines is 1. The molecule has 5 heteroatoms. The molecule has 1 atom stereocenters. The smallest absolute Gasteiger partial charge is 0.307 e. The zero-order valence-corrected chi connectivity index (χ0v) is 8.70. The summed E-state index contributed by atoms with van der Waals surface area (Å²) in [6.45, 7) is 1.04. The van der Waals surface area contributed by atoms with Gasteiger partial charge in [0.05, 0.1) is 6.04 Å². The minimum absolute atomic E-state index is 0.0385. The van der Waals surface area contributed by atoms with Gasteiger partial charge in [0.25, 0.3) is 0 Å². The number of aromatic nitrogens is 3. The normalized spacial score (nSPS) is 26.8. The van der Waals surface area contributed by atoms with Gasteiger partial charge in [0.1, 0.15) is 0 Å². The molecule has 0 radical (unpaired) electrons. The van der Waals surface area contributed by atoms with Gasteiger partial charge >= 0.3 is 5.69 Å². The third kappa shape index (κ3) is 1.42. The van der Waals surface area contributed by atoms with Crippen LogP contribution in [0.2, 0.25) is 0 Å². The molecule has 0 spiro atoms. The molecule has 2 fully saturated rings. The van der Waals surface area contributed by atoms with E-state index in [0.717, 1.165) is 31.6 Å². The Morgan fingerprint density at radius 2 is 2.13 bits per heavy atom. The first-order valence-electron chi connectivity index (χ1n) is 5.76. The maximum Gasteiger partial charge on any atom is 0.343 e. The summed E-state index contributed by atoms with van der Waals surface area (Å²) in [6, 6.07) is 0.679. The van der Waals surface area contributed by atoms with E-state index in [2.05, 4.69) is 15.5 Å². The fourth-order valence-electron chi connectivity index (χ4n) is 2.47. The molecule has 2 N–H and O–H groups in total. The zero-order chi connectivity index (χ0) is 10.3. The Kier molecular flexibility index (Phi) is 2.12. The van der Waals surface area contributed by atoms with Crippen molar-refractivity contribution >= 4 is 0 Å². The number of H-pyrrole nitrogens is 1. The summed E-state index contributed by atoms with van der Waals surface area (Å²) in [5.41, 5.74) is -0.0385. The average molecular weight is 208 g/mol. The largest absolute Gasteiger partial charge is 0.343 e. The van der Waals surface area contributed by atoms with Gasteiger partial charge in [-0.05, 0) is 38.6 Å². The fourth-order valence-corrected chi connectivity index (χ4v) is 2.47. The molecular weight excluding hydrogens is 192 g/mol. The third-order valence-corrected chi connectivity index (χ3v) is 3.54. The van der Waals surface area contributed by atoms with Crippen LogP contribution >= 0.6 is 0 Å². The molecule has 1 unspecified atom stereocenters. The average Bonchev–Trinajstić information content (AvgIpc) is 2.74. The number of nitrogens with one attached hydrogen (secondary N) is 2. The highest BCUT2D eigenvalue weighted by Gasteiger charge is 2.29. The number of hydrogen-bond donors (Lipinski definition) is 2. The van der Waals surface area contributed by atoms with Crippen molar-refractivity contribution in [2.24, 2.45) is 0 Å². The van der Waals surface area contributed by atoms with Crippen LogP contribution in [-0.4, -0.2) is 21.3 Å². The number of hydrogen-bond acceptors (Lipinski definition) is 3. The Bertz CT molecular complexity index is 398. The van der Waals surface area contributed by atoms with Gasteiger partial charge in [0.2, 0.25) is 0 Å². The van der Waals surface area contributed by atoms with Gasteiger partial charge in [-0.15, -0.1) is 0 Å². The molecule has 2 heterocycles. The van der Waals surface area contributed by atoms with Crippen LogP contribution in [-0.2, 0) is 0 Å². The Balaban J connectivity index is 1.95. The van der Waals surface area contributed by atoms with Crippen LogP contribution in [0.15, 0.2) is 4.79 Å². The summed E-state index contributed by atoms with van der Waals surface area (Å²) < 4.78 is 1.87. The zero-order valence-electron chi connectivity index (χ0n) is 8.70. The van der Waals surface area contributed by atoms with Crippen molar-refractivity contribution in [2.45, 2.75) is 44.2 Å². The second-order valence-electron chi connectivity index (χ2n) is 4.49. The lowest BCUT2D eigenvalue weighted by molar-refractivity contribution is 0.293. The van der Waals surface area contributed by atoms with Gasteiger partial charge in [-0.3, -0.25) is 4.57 Å². The molecule has 1 aromatic heterocycles. The van der Waals surface area contributed by atoms with Gasteiger partial charge in [0.15, 0.2) is 5.82 Å². The van der Waals surface area contributed by atoms with Crippen molar-refractivity contribution in [3.05, 3.63) is 16.3 Å². The SMILES string of the molecule is O=c1[nH]nc(C2CCCN2)n1C1CCC1. The highest BCUT2D eigenvalue weighted by Crippen LogP contribution is 2.33. The minimum Gasteiger partial charge on any atom is -0.307 e. The summed E-state index contributed by atoms with van der Waals surface area (Å²) in [7, 11) is 0. The Morgan fingerprint density at radius 3 is 2.73 bits per heavy atom. The third-order valence-electron chi connectivity index (χ3n) is 3.54. The maximum atomic E-state index is 11.6. The Hall–Kier alpha value is -1.10. The van der Waals surface area contributed by atoms with Crippen molar-refractivity contribution in [1.82, 2.24) is 20.1 Å². The monoisotopic (exact) mass is 208 g/mol. The van der Waals surface area contributed by atoms with Crippen LogP contribution in [0.1, 0.15) is 50.0 Å². The first-order valence-corrected chi connectivity index (χ1v) is 5.76.